The summed E-state index contributed by atoms with van der Waals surface area (Å²) in [7, 11) is 4.68. The quantitative estimate of drug-likeness (QED) is 0.841. The first kappa shape index (κ1) is 17.4. The summed E-state index contributed by atoms with van der Waals surface area (Å²) < 4.78 is 11.4. The topological polar surface area (TPSA) is 53.5 Å². The molecule has 5 nitrogen and oxygen atoms in total. The van der Waals surface area contributed by atoms with Crippen LogP contribution in [-0.2, 0) is 10.8 Å². The molecular weight excluding hydrogens is 310 g/mol. The zero-order chi connectivity index (χ0) is 17.1. The van der Waals surface area contributed by atoms with Crippen LogP contribution in [0, 0.1) is 0 Å². The zero-order valence-corrected chi connectivity index (χ0v) is 15.1. The molecule has 23 heavy (non-hydrogen) atoms. The van der Waals surface area contributed by atoms with Crippen LogP contribution in [0.25, 0.3) is 10.9 Å². The Bertz CT molecular complexity index is 746. The number of carbonyl (C=O) groups is 1. The van der Waals surface area contributed by atoms with E-state index in [1.807, 2.05) is 56.3 Å². The van der Waals surface area contributed by atoms with Gasteiger partial charge in [0, 0.05) is 61.1 Å². The molecule has 2 rings (SSSR count). The number of rotatable bonds is 5. The van der Waals surface area contributed by atoms with Crippen molar-refractivity contribution in [3.63, 3.8) is 0 Å². The number of carbonyl (C=O) groups excluding carboxylic acids is 1. The summed E-state index contributed by atoms with van der Waals surface area (Å²) >= 11 is 0. The number of hydrogen-bond donors (Lipinski definition) is 0. The predicted octanol–water partition coefficient (Wildman–Crippen LogP) is 2.14. The van der Waals surface area contributed by atoms with E-state index in [0.717, 1.165) is 16.6 Å². The van der Waals surface area contributed by atoms with E-state index in [1.54, 1.807) is 18.2 Å². The molecule has 1 amide bonds. The van der Waals surface area contributed by atoms with Gasteiger partial charge in [-0.2, -0.15) is 0 Å². The number of pyridine rings is 1. The second-order valence-electron chi connectivity index (χ2n) is 5.94. The van der Waals surface area contributed by atoms with E-state index in [0.29, 0.717) is 11.4 Å². The van der Waals surface area contributed by atoms with Gasteiger partial charge in [-0.1, -0.05) is 18.2 Å². The standard InChI is InChI=1S/C17H23N3O2S/c1-12(11-23(5)22)20(4)17(21)15-10-16(19(2)3)13-8-6-7-9-14(13)18-15/h6-10,12H,11H2,1-5H3/t12-,23-/m1/s1. The van der Waals surface area contributed by atoms with Crippen molar-refractivity contribution < 1.29 is 9.00 Å². The molecule has 0 aliphatic heterocycles. The molecule has 0 unspecified atom stereocenters. The fourth-order valence-corrected chi connectivity index (χ4v) is 3.37. The third-order valence-electron chi connectivity index (χ3n) is 3.85. The number of para-hydroxylation sites is 1. The highest BCUT2D eigenvalue weighted by molar-refractivity contribution is 7.84. The molecule has 0 spiro atoms. The van der Waals surface area contributed by atoms with Gasteiger partial charge >= 0.3 is 0 Å². The average Bonchev–Trinajstić information content (AvgIpc) is 2.51. The van der Waals surface area contributed by atoms with Gasteiger partial charge in [0.15, 0.2) is 0 Å². The number of nitrogens with zero attached hydrogens (tertiary/aromatic N) is 3. The minimum absolute atomic E-state index is 0.107. The first-order chi connectivity index (χ1) is 10.8. The van der Waals surface area contributed by atoms with Crippen LogP contribution < -0.4 is 4.90 Å². The molecule has 0 radical (unpaired) electrons. The maximum atomic E-state index is 12.7. The summed E-state index contributed by atoms with van der Waals surface area (Å²) in [5, 5.41) is 1.01. The van der Waals surface area contributed by atoms with Gasteiger partial charge in [-0.3, -0.25) is 9.00 Å². The van der Waals surface area contributed by atoms with Crippen LogP contribution in [0.15, 0.2) is 30.3 Å². The number of hydrogen-bond acceptors (Lipinski definition) is 4. The van der Waals surface area contributed by atoms with E-state index >= 15 is 0 Å². The summed E-state index contributed by atoms with van der Waals surface area (Å²) in [4.78, 5) is 20.8. The molecule has 0 aliphatic carbocycles. The molecule has 0 aliphatic rings. The van der Waals surface area contributed by atoms with E-state index < -0.39 is 10.8 Å². The molecule has 2 atom stereocenters. The molecule has 124 valence electrons. The molecule has 6 heteroatoms. The normalized spacial score (nSPS) is 13.6. The van der Waals surface area contributed by atoms with Gasteiger partial charge in [0.1, 0.15) is 5.69 Å². The summed E-state index contributed by atoms with van der Waals surface area (Å²) in [6, 6.07) is 9.49. The lowest BCUT2D eigenvalue weighted by Gasteiger charge is -2.25. The summed E-state index contributed by atoms with van der Waals surface area (Å²) in [5.74, 6) is 0.299. The van der Waals surface area contributed by atoms with Crippen LogP contribution in [0.4, 0.5) is 5.69 Å². The molecule has 0 N–H and O–H groups in total. The number of amides is 1. The van der Waals surface area contributed by atoms with Crippen molar-refractivity contribution in [1.29, 1.82) is 0 Å². The van der Waals surface area contributed by atoms with E-state index in [1.165, 1.54) is 0 Å². The highest BCUT2D eigenvalue weighted by atomic mass is 32.2. The first-order valence-electron chi connectivity index (χ1n) is 7.45. The van der Waals surface area contributed by atoms with Crippen LogP contribution in [-0.4, -0.2) is 59.2 Å². The highest BCUT2D eigenvalue weighted by Gasteiger charge is 2.21. The van der Waals surface area contributed by atoms with E-state index in [2.05, 4.69) is 4.98 Å². The van der Waals surface area contributed by atoms with Gasteiger partial charge in [0.25, 0.3) is 5.91 Å². The van der Waals surface area contributed by atoms with Crippen molar-refractivity contribution in [3.8, 4) is 0 Å². The maximum absolute atomic E-state index is 12.7. The lowest BCUT2D eigenvalue weighted by Crippen LogP contribution is -2.38. The minimum Gasteiger partial charge on any atom is -0.377 e. The maximum Gasteiger partial charge on any atom is 0.272 e. The van der Waals surface area contributed by atoms with Crippen molar-refractivity contribution in [2.75, 3.05) is 38.1 Å². The Morgan fingerprint density at radius 2 is 1.91 bits per heavy atom. The second-order valence-corrected chi connectivity index (χ2v) is 7.42. The van der Waals surface area contributed by atoms with E-state index in [9.17, 15) is 9.00 Å². The van der Waals surface area contributed by atoms with Crippen LogP contribution >= 0.6 is 0 Å². The van der Waals surface area contributed by atoms with Crippen molar-refractivity contribution in [3.05, 3.63) is 36.0 Å². The van der Waals surface area contributed by atoms with E-state index in [4.69, 9.17) is 0 Å². The fourth-order valence-electron chi connectivity index (χ4n) is 2.47. The van der Waals surface area contributed by atoms with Crippen LogP contribution in [0.1, 0.15) is 17.4 Å². The summed E-state index contributed by atoms with van der Waals surface area (Å²) in [5.41, 5.74) is 2.16. The third kappa shape index (κ3) is 3.88. The monoisotopic (exact) mass is 333 g/mol. The van der Waals surface area contributed by atoms with Gasteiger partial charge in [0.2, 0.25) is 0 Å². The van der Waals surface area contributed by atoms with Gasteiger partial charge in [-0.15, -0.1) is 0 Å². The molecule has 0 fully saturated rings. The van der Waals surface area contributed by atoms with Crippen molar-refractivity contribution >= 4 is 33.3 Å². The number of aromatic nitrogens is 1. The number of fused-ring (bicyclic) bond motifs is 1. The molecule has 1 heterocycles. The van der Waals surface area contributed by atoms with Crippen molar-refractivity contribution in [2.45, 2.75) is 13.0 Å². The van der Waals surface area contributed by atoms with Gasteiger partial charge in [-0.05, 0) is 19.1 Å². The minimum atomic E-state index is -0.946. The lowest BCUT2D eigenvalue weighted by molar-refractivity contribution is 0.0752. The van der Waals surface area contributed by atoms with Crippen LogP contribution in [0.3, 0.4) is 0 Å². The summed E-state index contributed by atoms with van der Waals surface area (Å²) in [6.45, 7) is 1.90. The van der Waals surface area contributed by atoms with Crippen LogP contribution in [0.5, 0.6) is 0 Å². The lowest BCUT2D eigenvalue weighted by atomic mass is 10.1. The van der Waals surface area contributed by atoms with Gasteiger partial charge in [0.05, 0.1) is 5.52 Å². The van der Waals surface area contributed by atoms with Crippen molar-refractivity contribution in [2.24, 2.45) is 0 Å². The number of benzene rings is 1. The first-order valence-corrected chi connectivity index (χ1v) is 9.18. The van der Waals surface area contributed by atoms with Gasteiger partial charge in [-0.25, -0.2) is 4.98 Å². The molecule has 0 saturated heterocycles. The largest absolute Gasteiger partial charge is 0.377 e. The molecule has 2 aromatic rings. The Hall–Kier alpha value is -1.95. The molecule has 0 saturated carbocycles. The Labute approximate surface area is 139 Å². The molecule has 1 aromatic heterocycles. The SMILES string of the molecule is C[C@H](C[S@@](C)=O)N(C)C(=O)c1cc(N(C)C)c2ccccc2n1. The second kappa shape index (κ2) is 7.08. The Balaban J connectivity index is 2.43. The zero-order valence-electron chi connectivity index (χ0n) is 14.2. The summed E-state index contributed by atoms with van der Waals surface area (Å²) in [6.07, 6.45) is 1.65. The highest BCUT2D eigenvalue weighted by Crippen LogP contribution is 2.25. The Kier molecular flexibility index (Phi) is 5.36. The van der Waals surface area contributed by atoms with Crippen LogP contribution in [0.2, 0.25) is 0 Å². The smallest absolute Gasteiger partial charge is 0.272 e. The Morgan fingerprint density at radius 3 is 2.52 bits per heavy atom. The fraction of sp³-hybridized carbons (Fsp3) is 0.412. The molecule has 1 aromatic carbocycles. The molecule has 0 bridgehead atoms. The van der Waals surface area contributed by atoms with Gasteiger partial charge < -0.3 is 9.80 Å². The predicted molar refractivity (Wildman–Crippen MR) is 96.6 cm³/mol. The van der Waals surface area contributed by atoms with E-state index in [-0.39, 0.29) is 11.9 Å². The average molecular weight is 333 g/mol. The Morgan fingerprint density at radius 1 is 1.26 bits per heavy atom. The third-order valence-corrected chi connectivity index (χ3v) is 4.80. The van der Waals surface area contributed by atoms with Crippen molar-refractivity contribution in [1.82, 2.24) is 9.88 Å². The number of anilines is 1. The molecular formula is C17H23N3O2S.